The lowest BCUT2D eigenvalue weighted by molar-refractivity contribution is 0.0455. The van der Waals surface area contributed by atoms with Crippen LogP contribution in [0, 0.1) is 17.8 Å². The highest BCUT2D eigenvalue weighted by atomic mass is 35.6. The monoisotopic (exact) mass is 372 g/mol. The minimum absolute atomic E-state index is 0.244. The average Bonchev–Trinajstić information content (AvgIpc) is 2.63. The molecule has 1 fully saturated rings. The van der Waals surface area contributed by atoms with Crippen molar-refractivity contribution in [3.8, 4) is 0 Å². The predicted molar refractivity (Wildman–Crippen MR) is 110 cm³/mol. The molecule has 0 unspecified atom stereocenters. The third-order valence-corrected chi connectivity index (χ3v) is 9.92. The van der Waals surface area contributed by atoms with Crippen molar-refractivity contribution in [2.45, 2.75) is 46.1 Å². The highest BCUT2D eigenvalue weighted by Crippen LogP contribution is 2.37. The lowest BCUT2D eigenvalue weighted by Crippen LogP contribution is -2.59. The second kappa shape index (κ2) is 8.07. The van der Waals surface area contributed by atoms with Gasteiger partial charge in [-0.05, 0) is 41.0 Å². The summed E-state index contributed by atoms with van der Waals surface area (Å²) in [5.41, 5.74) is 0. The number of rotatable bonds is 5. The molecule has 3 rings (SSSR count). The van der Waals surface area contributed by atoms with Gasteiger partial charge in [0.1, 0.15) is 0 Å². The van der Waals surface area contributed by atoms with Crippen LogP contribution >= 0.6 is 11.1 Å². The van der Waals surface area contributed by atoms with E-state index < -0.39 is 7.63 Å². The molecule has 2 aromatic rings. The van der Waals surface area contributed by atoms with Crippen LogP contribution in [-0.4, -0.2) is 13.7 Å². The molecule has 1 aliphatic rings. The van der Waals surface area contributed by atoms with E-state index in [4.69, 9.17) is 15.5 Å². The van der Waals surface area contributed by atoms with Gasteiger partial charge in [0.2, 0.25) is 0 Å². The van der Waals surface area contributed by atoms with E-state index in [-0.39, 0.29) is 6.10 Å². The van der Waals surface area contributed by atoms with Crippen molar-refractivity contribution in [1.29, 1.82) is 0 Å². The molecule has 0 saturated heterocycles. The van der Waals surface area contributed by atoms with Gasteiger partial charge in [-0.25, -0.2) is 0 Å². The van der Waals surface area contributed by atoms with Crippen molar-refractivity contribution >= 4 is 29.1 Å². The minimum atomic E-state index is -2.73. The van der Waals surface area contributed by atoms with Gasteiger partial charge in [0.05, 0.1) is 6.10 Å². The third kappa shape index (κ3) is 4.19. The van der Waals surface area contributed by atoms with Gasteiger partial charge in [-0.1, -0.05) is 87.9 Å². The maximum absolute atomic E-state index is 7.36. The number of halogens is 1. The van der Waals surface area contributed by atoms with Gasteiger partial charge < -0.3 is 4.43 Å². The molecule has 1 saturated carbocycles. The molecule has 25 heavy (non-hydrogen) atoms. The lowest BCUT2D eigenvalue weighted by atomic mass is 9.75. The minimum Gasteiger partial charge on any atom is -0.393 e. The van der Waals surface area contributed by atoms with Crippen molar-refractivity contribution in [1.82, 2.24) is 0 Å². The van der Waals surface area contributed by atoms with Crippen LogP contribution in [0.15, 0.2) is 60.7 Å². The largest absolute Gasteiger partial charge is 0.393 e. The summed E-state index contributed by atoms with van der Waals surface area (Å²) in [5.74, 6) is 1.93. The topological polar surface area (TPSA) is 9.23 Å². The van der Waals surface area contributed by atoms with Crippen molar-refractivity contribution in [2.24, 2.45) is 17.8 Å². The second-order valence-electron chi connectivity index (χ2n) is 7.81. The molecule has 3 heteroatoms. The van der Waals surface area contributed by atoms with E-state index in [1.165, 1.54) is 12.8 Å². The Balaban J connectivity index is 1.97. The number of hydrogen-bond donors (Lipinski definition) is 0. The predicted octanol–water partition coefficient (Wildman–Crippen LogP) is 4.96. The SMILES string of the molecule is CC(C)[C@@H]1CC[C@@H](C)C[C@H]1O[Si](Cl)(c1ccccc1)c1ccccc1. The molecule has 0 amide bonds. The number of hydrogen-bond acceptors (Lipinski definition) is 1. The van der Waals surface area contributed by atoms with Gasteiger partial charge in [-0.2, -0.15) is 0 Å². The van der Waals surface area contributed by atoms with Crippen LogP contribution in [-0.2, 0) is 4.43 Å². The Labute approximate surface area is 158 Å². The number of benzene rings is 2. The molecule has 0 heterocycles. The van der Waals surface area contributed by atoms with Crippen molar-refractivity contribution in [2.75, 3.05) is 0 Å². The van der Waals surface area contributed by atoms with Crippen LogP contribution in [0.3, 0.4) is 0 Å². The molecule has 3 atom stereocenters. The Morgan fingerprint density at radius 2 is 1.44 bits per heavy atom. The fraction of sp³-hybridized carbons (Fsp3) is 0.455. The zero-order valence-corrected chi connectivity index (χ0v) is 17.2. The average molecular weight is 373 g/mol. The van der Waals surface area contributed by atoms with E-state index >= 15 is 0 Å². The normalized spacial score (nSPS) is 24.4. The van der Waals surface area contributed by atoms with Gasteiger partial charge >= 0.3 is 7.63 Å². The summed E-state index contributed by atoms with van der Waals surface area (Å²) in [7, 11) is -2.73. The van der Waals surface area contributed by atoms with Crippen LogP contribution in [0.5, 0.6) is 0 Å². The first-order chi connectivity index (χ1) is 12.0. The fourth-order valence-corrected chi connectivity index (χ4v) is 7.70. The Morgan fingerprint density at radius 1 is 0.920 bits per heavy atom. The molecule has 0 bridgehead atoms. The Morgan fingerprint density at radius 3 is 1.92 bits per heavy atom. The molecule has 0 radical (unpaired) electrons. The lowest BCUT2D eigenvalue weighted by Gasteiger charge is -2.41. The van der Waals surface area contributed by atoms with Crippen molar-refractivity contribution < 1.29 is 4.43 Å². The summed E-state index contributed by atoms with van der Waals surface area (Å²) in [6, 6.07) is 20.9. The summed E-state index contributed by atoms with van der Waals surface area (Å²) in [6.45, 7) is 6.98. The zero-order valence-electron chi connectivity index (χ0n) is 15.5. The van der Waals surface area contributed by atoms with Crippen molar-refractivity contribution in [3.63, 3.8) is 0 Å². The molecule has 0 spiro atoms. The molecule has 0 aromatic heterocycles. The first-order valence-electron chi connectivity index (χ1n) is 9.48. The Hall–Kier alpha value is -1.09. The van der Waals surface area contributed by atoms with E-state index in [1.807, 2.05) is 12.1 Å². The van der Waals surface area contributed by atoms with E-state index in [0.717, 1.165) is 16.8 Å². The van der Waals surface area contributed by atoms with Gasteiger partial charge in [0.25, 0.3) is 0 Å². The van der Waals surface area contributed by atoms with Gasteiger partial charge in [0.15, 0.2) is 0 Å². The third-order valence-electron chi connectivity index (χ3n) is 5.57. The molecule has 1 nitrogen and oxygen atoms in total. The molecule has 0 N–H and O–H groups in total. The quantitative estimate of drug-likeness (QED) is 0.532. The van der Waals surface area contributed by atoms with Crippen LogP contribution in [0.1, 0.15) is 40.0 Å². The highest BCUT2D eigenvalue weighted by molar-refractivity contribution is 7.30. The zero-order chi connectivity index (χ0) is 17.9. The van der Waals surface area contributed by atoms with Crippen LogP contribution < -0.4 is 10.4 Å². The summed E-state index contributed by atoms with van der Waals surface area (Å²) >= 11 is 7.36. The van der Waals surface area contributed by atoms with E-state index in [2.05, 4.69) is 69.3 Å². The highest BCUT2D eigenvalue weighted by Gasteiger charge is 2.43. The van der Waals surface area contributed by atoms with Crippen LogP contribution in [0.4, 0.5) is 0 Å². The smallest absolute Gasteiger partial charge is 0.355 e. The molecular weight excluding hydrogens is 344 g/mol. The molecular formula is C22H29ClOSi. The Bertz CT molecular complexity index is 619. The first-order valence-corrected chi connectivity index (χ1v) is 12.4. The van der Waals surface area contributed by atoms with Gasteiger partial charge in [0, 0.05) is 0 Å². The maximum Gasteiger partial charge on any atom is 0.355 e. The maximum atomic E-state index is 7.36. The van der Waals surface area contributed by atoms with E-state index in [9.17, 15) is 0 Å². The summed E-state index contributed by atoms with van der Waals surface area (Å²) < 4.78 is 6.90. The second-order valence-corrected chi connectivity index (χ2v) is 12.0. The first kappa shape index (κ1) is 18.7. The molecule has 134 valence electrons. The summed E-state index contributed by atoms with van der Waals surface area (Å²) in [5, 5.41) is 2.28. The van der Waals surface area contributed by atoms with E-state index in [0.29, 0.717) is 17.8 Å². The van der Waals surface area contributed by atoms with E-state index in [1.54, 1.807) is 0 Å². The summed E-state index contributed by atoms with van der Waals surface area (Å²) in [4.78, 5) is 0. The summed E-state index contributed by atoms with van der Waals surface area (Å²) in [6.07, 6.45) is 3.91. The van der Waals surface area contributed by atoms with Crippen LogP contribution in [0.2, 0.25) is 0 Å². The standard InChI is InChI=1S/C22H29ClOSi/c1-17(2)21-15-14-18(3)16-22(21)24-25(23,19-10-6-4-7-11-19)20-12-8-5-9-13-20/h4-13,17-18,21-22H,14-16H2,1-3H3/t18-,21+,22-/m1/s1. The fourth-order valence-electron chi connectivity index (χ4n) is 4.07. The Kier molecular flexibility index (Phi) is 6.03. The van der Waals surface area contributed by atoms with Crippen LogP contribution in [0.25, 0.3) is 0 Å². The molecule has 2 aromatic carbocycles. The van der Waals surface area contributed by atoms with Gasteiger partial charge in [-0.3, -0.25) is 0 Å². The van der Waals surface area contributed by atoms with Gasteiger partial charge in [-0.15, -0.1) is 11.1 Å². The molecule has 0 aliphatic heterocycles. The molecule has 1 aliphatic carbocycles. The van der Waals surface area contributed by atoms with Crippen molar-refractivity contribution in [3.05, 3.63) is 60.7 Å².